The fraction of sp³-hybridized carbons (Fsp3) is 0.417. The van der Waals surface area contributed by atoms with Crippen molar-refractivity contribution in [1.29, 1.82) is 0 Å². The molecule has 1 saturated heterocycles. The van der Waals surface area contributed by atoms with Crippen LogP contribution in [0.25, 0.3) is 10.2 Å². The molecule has 0 bridgehead atoms. The number of carbonyl (C=O) groups is 1. The molecule has 1 aliphatic heterocycles. The van der Waals surface area contributed by atoms with Crippen LogP contribution in [0.5, 0.6) is 17.2 Å². The van der Waals surface area contributed by atoms with Gasteiger partial charge in [0.15, 0.2) is 11.7 Å². The van der Waals surface area contributed by atoms with Gasteiger partial charge in [0, 0.05) is 26.2 Å². The van der Waals surface area contributed by atoms with E-state index in [1.54, 1.807) is 19.1 Å². The fourth-order valence-corrected chi connectivity index (χ4v) is 4.83. The molecule has 0 unspecified atom stereocenters. The normalized spacial score (nSPS) is 14.3. The Morgan fingerprint density at radius 3 is 2.64 bits per heavy atom. The highest BCUT2D eigenvalue weighted by atomic mass is 32.1. The molecule has 0 spiro atoms. The minimum atomic E-state index is -0.151. The number of aromatic nitrogens is 1. The molecule has 0 radical (unpaired) electrons. The maximum Gasteiger partial charge on any atom is 0.266 e. The first-order chi connectivity index (χ1) is 16.1. The van der Waals surface area contributed by atoms with E-state index in [0.717, 1.165) is 29.9 Å². The van der Waals surface area contributed by atoms with Crippen molar-refractivity contribution in [3.05, 3.63) is 42.0 Å². The number of thiazole rings is 1. The third-order valence-electron chi connectivity index (χ3n) is 5.53. The van der Waals surface area contributed by atoms with Gasteiger partial charge in [-0.05, 0) is 36.8 Å². The Morgan fingerprint density at radius 1 is 1.15 bits per heavy atom. The van der Waals surface area contributed by atoms with E-state index in [-0.39, 0.29) is 12.5 Å². The molecule has 8 nitrogen and oxygen atoms in total. The molecule has 33 heavy (non-hydrogen) atoms. The number of methoxy groups -OCH3 is 2. The van der Waals surface area contributed by atoms with Crippen molar-refractivity contribution in [3.63, 3.8) is 0 Å². The zero-order valence-corrected chi connectivity index (χ0v) is 20.0. The van der Waals surface area contributed by atoms with Gasteiger partial charge in [0.25, 0.3) is 5.91 Å². The molecule has 0 saturated carbocycles. The first-order valence-corrected chi connectivity index (χ1v) is 11.7. The Hall–Kier alpha value is -2.88. The summed E-state index contributed by atoms with van der Waals surface area (Å²) >= 11 is 1.42. The average molecular weight is 472 g/mol. The van der Waals surface area contributed by atoms with Crippen LogP contribution in [0, 0.1) is 6.92 Å². The first kappa shape index (κ1) is 23.3. The van der Waals surface area contributed by atoms with Gasteiger partial charge in [-0.2, -0.15) is 0 Å². The number of carbonyl (C=O) groups excluding carboxylic acids is 1. The summed E-state index contributed by atoms with van der Waals surface area (Å²) < 4.78 is 23.1. The van der Waals surface area contributed by atoms with Gasteiger partial charge in [-0.25, -0.2) is 4.98 Å². The predicted molar refractivity (Wildman–Crippen MR) is 129 cm³/mol. The van der Waals surface area contributed by atoms with Crippen molar-refractivity contribution in [3.8, 4) is 17.2 Å². The van der Waals surface area contributed by atoms with E-state index in [1.807, 2.05) is 43.3 Å². The molecule has 1 amide bonds. The largest absolute Gasteiger partial charge is 0.495 e. The maximum atomic E-state index is 13.3. The van der Waals surface area contributed by atoms with Crippen LogP contribution >= 0.6 is 11.3 Å². The van der Waals surface area contributed by atoms with Crippen molar-refractivity contribution in [1.82, 2.24) is 9.88 Å². The van der Waals surface area contributed by atoms with E-state index in [4.69, 9.17) is 23.9 Å². The lowest BCUT2D eigenvalue weighted by atomic mass is 10.2. The summed E-state index contributed by atoms with van der Waals surface area (Å²) in [4.78, 5) is 22.1. The zero-order valence-electron chi connectivity index (χ0n) is 19.2. The van der Waals surface area contributed by atoms with Crippen LogP contribution in [0.4, 0.5) is 5.13 Å². The molecule has 2 aromatic carbocycles. The monoisotopic (exact) mass is 471 g/mol. The van der Waals surface area contributed by atoms with E-state index in [2.05, 4.69) is 4.90 Å². The van der Waals surface area contributed by atoms with E-state index in [1.165, 1.54) is 11.3 Å². The van der Waals surface area contributed by atoms with Crippen LogP contribution in [0.15, 0.2) is 36.4 Å². The van der Waals surface area contributed by atoms with Crippen LogP contribution in [-0.2, 0) is 9.53 Å². The van der Waals surface area contributed by atoms with E-state index in [0.29, 0.717) is 47.7 Å². The van der Waals surface area contributed by atoms with E-state index < -0.39 is 0 Å². The van der Waals surface area contributed by atoms with Gasteiger partial charge < -0.3 is 18.9 Å². The SMILES string of the molecule is COc1ccc(OC)c2sc(N(CCN3CCOCC3)C(=O)COc3cccc(C)c3)nc12. The Labute approximate surface area is 197 Å². The first-order valence-electron chi connectivity index (χ1n) is 10.9. The second-order valence-corrected chi connectivity index (χ2v) is 8.73. The number of ether oxygens (including phenoxy) is 4. The molecule has 4 rings (SSSR count). The summed E-state index contributed by atoms with van der Waals surface area (Å²) in [5, 5.41) is 0.596. The highest BCUT2D eigenvalue weighted by Gasteiger charge is 2.24. The number of aryl methyl sites for hydroxylation is 1. The van der Waals surface area contributed by atoms with Crippen LogP contribution in [0.3, 0.4) is 0 Å². The Bertz CT molecular complexity index is 1060. The quantitative estimate of drug-likeness (QED) is 0.474. The molecule has 1 fully saturated rings. The lowest BCUT2D eigenvalue weighted by Gasteiger charge is -2.29. The van der Waals surface area contributed by atoms with Crippen LogP contribution in [0.1, 0.15) is 5.56 Å². The molecule has 1 aliphatic rings. The molecule has 176 valence electrons. The van der Waals surface area contributed by atoms with Gasteiger partial charge >= 0.3 is 0 Å². The molecule has 0 N–H and O–H groups in total. The summed E-state index contributed by atoms with van der Waals surface area (Å²) in [5.74, 6) is 1.86. The molecule has 3 aromatic rings. The number of hydrogen-bond acceptors (Lipinski definition) is 8. The summed E-state index contributed by atoms with van der Waals surface area (Å²) in [6.07, 6.45) is 0. The van der Waals surface area contributed by atoms with Gasteiger partial charge in [0.05, 0.1) is 27.4 Å². The number of nitrogens with zero attached hydrogens (tertiary/aromatic N) is 3. The van der Waals surface area contributed by atoms with Gasteiger partial charge in [0.2, 0.25) is 0 Å². The topological polar surface area (TPSA) is 73.4 Å². The van der Waals surface area contributed by atoms with Crippen LogP contribution < -0.4 is 19.1 Å². The number of hydrogen-bond donors (Lipinski definition) is 0. The molecule has 9 heteroatoms. The van der Waals surface area contributed by atoms with Crippen molar-refractivity contribution in [2.45, 2.75) is 6.92 Å². The van der Waals surface area contributed by atoms with Gasteiger partial charge in [0.1, 0.15) is 27.5 Å². The molecule has 1 aromatic heterocycles. The van der Waals surface area contributed by atoms with Crippen molar-refractivity contribution in [2.24, 2.45) is 0 Å². The van der Waals surface area contributed by atoms with Crippen LogP contribution in [-0.4, -0.2) is 76.0 Å². The molecule has 0 aliphatic carbocycles. The third-order valence-corrected chi connectivity index (χ3v) is 6.62. The van der Waals surface area contributed by atoms with Gasteiger partial charge in [-0.1, -0.05) is 23.5 Å². The van der Waals surface area contributed by atoms with Crippen LogP contribution in [0.2, 0.25) is 0 Å². The summed E-state index contributed by atoms with van der Waals surface area (Å²) in [6.45, 7) is 6.26. The second kappa shape index (κ2) is 10.8. The highest BCUT2D eigenvalue weighted by Crippen LogP contribution is 2.40. The van der Waals surface area contributed by atoms with E-state index in [9.17, 15) is 4.79 Å². The van der Waals surface area contributed by atoms with Crippen molar-refractivity contribution >= 4 is 32.6 Å². The molecular weight excluding hydrogens is 442 g/mol. The van der Waals surface area contributed by atoms with Gasteiger partial charge in [-0.3, -0.25) is 14.6 Å². The standard InChI is InChI=1S/C24H29N3O5S/c1-17-5-4-6-18(15-17)32-16-21(28)27(10-9-26-11-13-31-14-12-26)24-25-22-19(29-2)7-8-20(30-3)23(22)33-24/h4-8,15H,9-14,16H2,1-3H3. The number of morpholine rings is 1. The average Bonchev–Trinajstić information content (AvgIpc) is 3.28. The summed E-state index contributed by atoms with van der Waals surface area (Å²) in [5.41, 5.74) is 1.76. The number of anilines is 1. The maximum absolute atomic E-state index is 13.3. The third kappa shape index (κ3) is 5.55. The lowest BCUT2D eigenvalue weighted by Crippen LogP contribution is -2.44. The predicted octanol–water partition coefficient (Wildman–Crippen LogP) is 3.37. The zero-order chi connectivity index (χ0) is 23.2. The second-order valence-electron chi connectivity index (χ2n) is 7.75. The van der Waals surface area contributed by atoms with Crippen molar-refractivity contribution in [2.75, 3.05) is 65.1 Å². The lowest BCUT2D eigenvalue weighted by molar-refractivity contribution is -0.120. The fourth-order valence-electron chi connectivity index (χ4n) is 3.71. The number of benzene rings is 2. The highest BCUT2D eigenvalue weighted by molar-refractivity contribution is 7.22. The smallest absolute Gasteiger partial charge is 0.266 e. The number of rotatable bonds is 9. The molecular formula is C24H29N3O5S. The summed E-state index contributed by atoms with van der Waals surface area (Å²) in [6, 6.07) is 11.3. The Morgan fingerprint density at radius 2 is 1.91 bits per heavy atom. The molecule has 2 heterocycles. The Balaban J connectivity index is 1.59. The minimum Gasteiger partial charge on any atom is -0.495 e. The number of amides is 1. The van der Waals surface area contributed by atoms with E-state index >= 15 is 0 Å². The number of fused-ring (bicyclic) bond motifs is 1. The molecule has 0 atom stereocenters. The minimum absolute atomic E-state index is 0.0727. The van der Waals surface area contributed by atoms with Crippen molar-refractivity contribution < 1.29 is 23.7 Å². The Kier molecular flexibility index (Phi) is 7.64. The summed E-state index contributed by atoms with van der Waals surface area (Å²) in [7, 11) is 3.23. The van der Waals surface area contributed by atoms with Gasteiger partial charge in [-0.15, -0.1) is 0 Å².